The minimum Gasteiger partial charge on any atom is -0.480 e. The molecule has 204 valence electrons. The number of hydrogen-bond acceptors (Lipinski definition) is 4. The normalized spacial score (nSPS) is 28.6. The molecule has 0 aromatic carbocycles. The topological polar surface area (TPSA) is 172 Å². The van der Waals surface area contributed by atoms with E-state index in [9.17, 15) is 19.5 Å². The Morgan fingerprint density at radius 3 is 2.25 bits per heavy atom. The number of carboxylic acids is 1. The zero-order valence-corrected chi connectivity index (χ0v) is 22.1. The van der Waals surface area contributed by atoms with Crippen molar-refractivity contribution in [2.45, 2.75) is 110 Å². The van der Waals surface area contributed by atoms with E-state index in [2.05, 4.69) is 41.7 Å². The summed E-state index contributed by atoms with van der Waals surface area (Å²) in [5.74, 6) is -0.555. The summed E-state index contributed by atoms with van der Waals surface area (Å²) in [7, 11) is 0. The van der Waals surface area contributed by atoms with Crippen molar-refractivity contribution in [3.8, 4) is 0 Å². The lowest BCUT2D eigenvalue weighted by Crippen LogP contribution is -2.55. The summed E-state index contributed by atoms with van der Waals surface area (Å²) in [4.78, 5) is 41.9. The number of nitrogens with zero attached hydrogens (tertiary/aromatic N) is 1. The summed E-state index contributed by atoms with van der Waals surface area (Å²) >= 11 is 0. The van der Waals surface area contributed by atoms with Gasteiger partial charge in [0.25, 0.3) is 0 Å². The number of aliphatic imine (C=N–C) groups is 1. The molecule has 3 aliphatic carbocycles. The average molecular weight is 507 g/mol. The zero-order chi connectivity index (χ0) is 26.5. The van der Waals surface area contributed by atoms with Crippen LogP contribution in [0.25, 0.3) is 0 Å². The maximum absolute atomic E-state index is 13.5. The molecule has 36 heavy (non-hydrogen) atoms. The second-order valence-corrected chi connectivity index (χ2v) is 12.0. The molecule has 10 nitrogen and oxygen atoms in total. The predicted molar refractivity (Wildman–Crippen MR) is 139 cm³/mol. The Morgan fingerprint density at radius 2 is 1.69 bits per heavy atom. The van der Waals surface area contributed by atoms with Crippen LogP contribution in [0.5, 0.6) is 0 Å². The minimum atomic E-state index is -1.14. The van der Waals surface area contributed by atoms with Crippen LogP contribution < -0.4 is 27.4 Å². The van der Waals surface area contributed by atoms with Crippen molar-refractivity contribution in [1.82, 2.24) is 16.0 Å². The van der Waals surface area contributed by atoms with Crippen molar-refractivity contribution in [1.29, 1.82) is 0 Å². The molecule has 0 aliphatic heterocycles. The number of fused-ring (bicyclic) bond motifs is 2. The molecule has 0 aromatic rings. The van der Waals surface area contributed by atoms with Gasteiger partial charge in [-0.2, -0.15) is 0 Å². The Labute approximate surface area is 214 Å². The van der Waals surface area contributed by atoms with E-state index < -0.39 is 24.1 Å². The van der Waals surface area contributed by atoms with Crippen molar-refractivity contribution in [3.05, 3.63) is 0 Å². The summed E-state index contributed by atoms with van der Waals surface area (Å²) in [6.07, 6.45) is 9.97. The van der Waals surface area contributed by atoms with Crippen LogP contribution in [-0.4, -0.2) is 53.6 Å². The van der Waals surface area contributed by atoms with Crippen molar-refractivity contribution in [2.75, 3.05) is 6.54 Å². The molecule has 3 aliphatic rings. The quantitative estimate of drug-likeness (QED) is 0.143. The summed E-state index contributed by atoms with van der Waals surface area (Å²) in [5, 5.41) is 18.2. The van der Waals surface area contributed by atoms with E-state index >= 15 is 0 Å². The molecule has 0 heterocycles. The van der Waals surface area contributed by atoms with Gasteiger partial charge >= 0.3 is 12.0 Å². The molecule has 0 spiro atoms. The fraction of sp³-hybridized carbons (Fsp3) is 0.846. The fourth-order valence-electron chi connectivity index (χ4n) is 6.84. The molecule has 3 fully saturated rings. The van der Waals surface area contributed by atoms with Gasteiger partial charge in [0.1, 0.15) is 12.1 Å². The number of aliphatic carboxylic acids is 1. The molecule has 0 radical (unpaired) electrons. The van der Waals surface area contributed by atoms with E-state index in [1.54, 1.807) is 0 Å². The van der Waals surface area contributed by atoms with Crippen molar-refractivity contribution >= 4 is 23.9 Å². The van der Waals surface area contributed by atoms with Crippen LogP contribution in [0.1, 0.15) is 91.4 Å². The Bertz CT molecular complexity index is 834. The van der Waals surface area contributed by atoms with Gasteiger partial charge in [0.15, 0.2) is 5.96 Å². The first-order valence-electron chi connectivity index (χ1n) is 13.6. The van der Waals surface area contributed by atoms with Gasteiger partial charge in [-0.1, -0.05) is 52.9 Å². The third-order valence-corrected chi connectivity index (χ3v) is 9.44. The molecule has 8 N–H and O–H groups in total. The fourth-order valence-corrected chi connectivity index (χ4v) is 6.84. The molecule has 3 rings (SSSR count). The van der Waals surface area contributed by atoms with E-state index in [0.717, 1.165) is 38.5 Å². The average Bonchev–Trinajstić information content (AvgIpc) is 3.14. The highest BCUT2D eigenvalue weighted by Gasteiger charge is 2.60. The standard InChI is InChI=1S/C26H46N6O4/c1-25(2)17-11-12-26(25,3)15-20(17)30-21(33)19(14-16-8-5-4-6-9-16)32-24(36)31-18(22(34)35)10-7-13-29-23(27)28/h16-20H,4-15H2,1-3H3,(H,30,33)(H,34,35)(H4,27,28,29)(H2,31,32,36)/t17?,18-,19+,20?,26?/m0/s1. The monoisotopic (exact) mass is 506 g/mol. The molecule has 3 saturated carbocycles. The summed E-state index contributed by atoms with van der Waals surface area (Å²) < 4.78 is 0. The zero-order valence-electron chi connectivity index (χ0n) is 22.1. The van der Waals surface area contributed by atoms with Crippen LogP contribution in [0.4, 0.5) is 4.79 Å². The van der Waals surface area contributed by atoms with Gasteiger partial charge in [0, 0.05) is 12.6 Å². The Kier molecular flexibility index (Phi) is 9.11. The Morgan fingerprint density at radius 1 is 1.03 bits per heavy atom. The first-order chi connectivity index (χ1) is 16.9. The first kappa shape index (κ1) is 28.1. The molecular formula is C26H46N6O4. The highest BCUT2D eigenvalue weighted by Crippen LogP contribution is 2.65. The molecule has 10 heteroatoms. The summed E-state index contributed by atoms with van der Waals surface area (Å²) in [6.45, 7) is 7.21. The second-order valence-electron chi connectivity index (χ2n) is 12.0. The minimum absolute atomic E-state index is 0.0583. The number of nitrogens with two attached hydrogens (primary N) is 2. The number of carbonyl (C=O) groups excluding carboxylic acids is 2. The highest BCUT2D eigenvalue weighted by molar-refractivity contribution is 5.89. The number of carbonyl (C=O) groups is 3. The van der Waals surface area contributed by atoms with E-state index in [0.29, 0.717) is 24.7 Å². The Hall–Kier alpha value is -2.52. The molecule has 2 bridgehead atoms. The van der Waals surface area contributed by atoms with Crippen molar-refractivity contribution in [2.24, 2.45) is 39.1 Å². The van der Waals surface area contributed by atoms with Gasteiger partial charge in [-0.05, 0) is 61.2 Å². The lowest BCUT2D eigenvalue weighted by Gasteiger charge is -2.33. The summed E-state index contributed by atoms with van der Waals surface area (Å²) in [5.41, 5.74) is 11.0. The lowest BCUT2D eigenvalue weighted by atomic mass is 9.71. The number of nitrogens with one attached hydrogen (secondary N) is 3. The highest BCUT2D eigenvalue weighted by atomic mass is 16.4. The van der Waals surface area contributed by atoms with Crippen LogP contribution in [0.2, 0.25) is 0 Å². The largest absolute Gasteiger partial charge is 0.480 e. The molecule has 3 unspecified atom stereocenters. The summed E-state index contributed by atoms with van der Waals surface area (Å²) in [6, 6.07) is -2.32. The molecular weight excluding hydrogens is 460 g/mol. The van der Waals surface area contributed by atoms with Gasteiger partial charge in [-0.25, -0.2) is 9.59 Å². The lowest BCUT2D eigenvalue weighted by molar-refractivity contribution is -0.139. The molecule has 3 amide bonds. The van der Waals surface area contributed by atoms with Crippen LogP contribution in [0.3, 0.4) is 0 Å². The Balaban J connectivity index is 1.62. The number of amides is 3. The predicted octanol–water partition coefficient (Wildman–Crippen LogP) is 2.46. The number of urea groups is 1. The third-order valence-electron chi connectivity index (χ3n) is 9.44. The number of hydrogen-bond donors (Lipinski definition) is 6. The smallest absolute Gasteiger partial charge is 0.326 e. The van der Waals surface area contributed by atoms with Crippen LogP contribution >= 0.6 is 0 Å². The number of rotatable bonds is 11. The SMILES string of the molecule is CC12CCC(C(NC(=O)[C@@H](CC3CCCCC3)NC(=O)N[C@@H](CCCN=C(N)N)C(=O)O)C1)C2(C)C. The second kappa shape index (κ2) is 11.7. The van der Waals surface area contributed by atoms with Crippen LogP contribution in [0.15, 0.2) is 4.99 Å². The number of carboxylic acid groups (broad SMARTS) is 1. The molecule has 5 atom stereocenters. The molecule has 0 saturated heterocycles. The maximum atomic E-state index is 13.5. The van der Waals surface area contributed by atoms with Crippen LogP contribution in [-0.2, 0) is 9.59 Å². The van der Waals surface area contributed by atoms with E-state index in [1.807, 2.05) is 0 Å². The van der Waals surface area contributed by atoms with Crippen LogP contribution in [0, 0.1) is 22.7 Å². The van der Waals surface area contributed by atoms with Gasteiger partial charge in [0.2, 0.25) is 5.91 Å². The van der Waals surface area contributed by atoms with Crippen molar-refractivity contribution < 1.29 is 19.5 Å². The van der Waals surface area contributed by atoms with Gasteiger partial charge < -0.3 is 32.5 Å². The third kappa shape index (κ3) is 6.62. The van der Waals surface area contributed by atoms with Gasteiger partial charge in [-0.15, -0.1) is 0 Å². The van der Waals surface area contributed by atoms with E-state index in [1.165, 1.54) is 12.8 Å². The molecule has 0 aromatic heterocycles. The van der Waals surface area contributed by atoms with E-state index in [-0.39, 0.29) is 41.7 Å². The first-order valence-corrected chi connectivity index (χ1v) is 13.6. The van der Waals surface area contributed by atoms with Gasteiger partial charge in [-0.3, -0.25) is 9.79 Å². The van der Waals surface area contributed by atoms with Gasteiger partial charge in [0.05, 0.1) is 0 Å². The van der Waals surface area contributed by atoms with E-state index in [4.69, 9.17) is 11.5 Å². The number of guanidine groups is 1. The van der Waals surface area contributed by atoms with Crippen molar-refractivity contribution in [3.63, 3.8) is 0 Å². The maximum Gasteiger partial charge on any atom is 0.326 e.